The minimum absolute atomic E-state index is 0.00815. The second-order valence-electron chi connectivity index (χ2n) is 3.56. The predicted octanol–water partition coefficient (Wildman–Crippen LogP) is 1.89. The van der Waals surface area contributed by atoms with Crippen molar-refractivity contribution in [1.82, 2.24) is 4.98 Å². The summed E-state index contributed by atoms with van der Waals surface area (Å²) in [6.45, 7) is 3.60. The molecule has 3 N–H and O–H groups in total. The largest absolute Gasteiger partial charge is 0.364 e. The van der Waals surface area contributed by atoms with Crippen LogP contribution >= 0.6 is 11.6 Å². The van der Waals surface area contributed by atoms with Crippen LogP contribution in [-0.2, 0) is 0 Å². The first kappa shape index (κ1) is 12.7. The van der Waals surface area contributed by atoms with Crippen molar-refractivity contribution in [2.75, 3.05) is 5.32 Å². The van der Waals surface area contributed by atoms with Crippen LogP contribution in [0.1, 0.15) is 19.4 Å². The van der Waals surface area contributed by atoms with Crippen molar-refractivity contribution < 1.29 is 4.39 Å². The molecule has 0 radical (unpaired) electrons. The number of nitriles is 1. The predicted molar refractivity (Wildman–Crippen MR) is 60.7 cm³/mol. The van der Waals surface area contributed by atoms with Gasteiger partial charge in [-0.15, -0.1) is 0 Å². The molecule has 0 bridgehead atoms. The Bertz CT molecular complexity index is 428. The molecule has 0 amide bonds. The van der Waals surface area contributed by atoms with E-state index in [1.807, 2.05) is 0 Å². The zero-order valence-corrected chi connectivity index (χ0v) is 9.72. The van der Waals surface area contributed by atoms with Crippen molar-refractivity contribution in [3.63, 3.8) is 0 Å². The van der Waals surface area contributed by atoms with Gasteiger partial charge < -0.3 is 11.1 Å². The maximum Gasteiger partial charge on any atom is 0.166 e. The van der Waals surface area contributed by atoms with Gasteiger partial charge in [-0.25, -0.2) is 9.37 Å². The van der Waals surface area contributed by atoms with E-state index in [1.165, 1.54) is 0 Å². The molecular weight excluding hydrogens is 231 g/mol. The Morgan fingerprint density at radius 2 is 2.25 bits per heavy atom. The highest BCUT2D eigenvalue weighted by molar-refractivity contribution is 6.30. The molecule has 0 saturated carbocycles. The SMILES string of the molecule is CC(N)C(C)Nc1nc(Cl)c(C#N)cc1F. The first-order chi connectivity index (χ1) is 7.45. The molecular formula is C10H12ClFN4. The monoisotopic (exact) mass is 242 g/mol. The number of rotatable bonds is 3. The fourth-order valence-corrected chi connectivity index (χ4v) is 1.17. The lowest BCUT2D eigenvalue weighted by molar-refractivity contribution is 0.600. The average molecular weight is 243 g/mol. The summed E-state index contributed by atoms with van der Waals surface area (Å²) in [5.41, 5.74) is 5.64. The van der Waals surface area contributed by atoms with Crippen LogP contribution < -0.4 is 11.1 Å². The van der Waals surface area contributed by atoms with Gasteiger partial charge in [0.05, 0.1) is 5.56 Å². The lowest BCUT2D eigenvalue weighted by Crippen LogP contribution is -2.35. The molecule has 1 heterocycles. The molecule has 1 aromatic heterocycles. The molecule has 86 valence electrons. The zero-order valence-electron chi connectivity index (χ0n) is 8.96. The summed E-state index contributed by atoms with van der Waals surface area (Å²) < 4.78 is 13.5. The Kier molecular flexibility index (Phi) is 4.05. The molecule has 2 unspecified atom stereocenters. The molecule has 0 aliphatic heterocycles. The third-order valence-electron chi connectivity index (χ3n) is 2.20. The van der Waals surface area contributed by atoms with E-state index in [2.05, 4.69) is 10.3 Å². The highest BCUT2D eigenvalue weighted by Gasteiger charge is 2.14. The van der Waals surface area contributed by atoms with Crippen LogP contribution in [0.25, 0.3) is 0 Å². The van der Waals surface area contributed by atoms with Crippen LogP contribution in [0.5, 0.6) is 0 Å². The Balaban J connectivity index is 2.99. The lowest BCUT2D eigenvalue weighted by Gasteiger charge is -2.18. The van der Waals surface area contributed by atoms with Crippen molar-refractivity contribution in [3.05, 3.63) is 22.6 Å². The number of pyridine rings is 1. The van der Waals surface area contributed by atoms with Crippen molar-refractivity contribution in [2.45, 2.75) is 25.9 Å². The summed E-state index contributed by atoms with van der Waals surface area (Å²) in [5, 5.41) is 11.4. The molecule has 0 spiro atoms. The number of anilines is 1. The molecule has 2 atom stereocenters. The number of hydrogen-bond acceptors (Lipinski definition) is 4. The van der Waals surface area contributed by atoms with Crippen LogP contribution in [0.3, 0.4) is 0 Å². The van der Waals surface area contributed by atoms with E-state index in [4.69, 9.17) is 22.6 Å². The lowest BCUT2D eigenvalue weighted by atomic mass is 10.2. The second kappa shape index (κ2) is 5.10. The number of hydrogen-bond donors (Lipinski definition) is 2. The van der Waals surface area contributed by atoms with Gasteiger partial charge in [0.15, 0.2) is 11.6 Å². The van der Waals surface area contributed by atoms with Gasteiger partial charge >= 0.3 is 0 Å². The highest BCUT2D eigenvalue weighted by Crippen LogP contribution is 2.20. The van der Waals surface area contributed by atoms with Gasteiger partial charge in [-0.3, -0.25) is 0 Å². The molecule has 0 aliphatic rings. The van der Waals surface area contributed by atoms with E-state index in [0.717, 1.165) is 6.07 Å². The van der Waals surface area contributed by atoms with E-state index >= 15 is 0 Å². The Morgan fingerprint density at radius 3 is 2.75 bits per heavy atom. The van der Waals surface area contributed by atoms with Crippen LogP contribution in [0.15, 0.2) is 6.07 Å². The fraction of sp³-hybridized carbons (Fsp3) is 0.400. The molecule has 0 aromatic carbocycles. The van der Waals surface area contributed by atoms with Crippen LogP contribution in [0, 0.1) is 17.1 Å². The summed E-state index contributed by atoms with van der Waals surface area (Å²) in [6, 6.07) is 2.50. The molecule has 1 rings (SSSR count). The topological polar surface area (TPSA) is 74.7 Å². The standard InChI is InChI=1S/C10H12ClFN4/c1-5(14)6(2)15-10-8(12)3-7(4-13)9(11)16-10/h3,5-6H,14H2,1-2H3,(H,15,16). The minimum atomic E-state index is -0.617. The smallest absolute Gasteiger partial charge is 0.166 e. The van der Waals surface area contributed by atoms with E-state index < -0.39 is 5.82 Å². The molecule has 0 aliphatic carbocycles. The van der Waals surface area contributed by atoms with Crippen molar-refractivity contribution >= 4 is 17.4 Å². The van der Waals surface area contributed by atoms with E-state index in [1.54, 1.807) is 19.9 Å². The molecule has 6 heteroatoms. The summed E-state index contributed by atoms with van der Waals surface area (Å²) in [6.07, 6.45) is 0. The van der Waals surface area contributed by atoms with Gasteiger partial charge in [-0.2, -0.15) is 5.26 Å². The van der Waals surface area contributed by atoms with Crippen molar-refractivity contribution in [2.24, 2.45) is 5.73 Å². The molecule has 1 aromatic rings. The van der Waals surface area contributed by atoms with Crippen LogP contribution in [0.2, 0.25) is 5.15 Å². The fourth-order valence-electron chi connectivity index (χ4n) is 0.993. The maximum absolute atomic E-state index is 13.5. The van der Waals surface area contributed by atoms with Crippen molar-refractivity contribution in [1.29, 1.82) is 5.26 Å². The van der Waals surface area contributed by atoms with Gasteiger partial charge in [0.2, 0.25) is 0 Å². The number of nitrogens with zero attached hydrogens (tertiary/aromatic N) is 2. The Labute approximate surface area is 98.2 Å². The van der Waals surface area contributed by atoms with E-state index in [-0.39, 0.29) is 28.6 Å². The first-order valence-electron chi connectivity index (χ1n) is 4.74. The molecule has 16 heavy (non-hydrogen) atoms. The molecule has 0 saturated heterocycles. The van der Waals surface area contributed by atoms with E-state index in [9.17, 15) is 4.39 Å². The summed E-state index contributed by atoms with van der Waals surface area (Å²) in [7, 11) is 0. The Morgan fingerprint density at radius 1 is 1.62 bits per heavy atom. The number of nitrogens with one attached hydrogen (secondary N) is 1. The molecule has 0 fully saturated rings. The number of nitrogens with two attached hydrogens (primary N) is 1. The summed E-state index contributed by atoms with van der Waals surface area (Å²) in [4.78, 5) is 3.77. The van der Waals surface area contributed by atoms with Gasteiger partial charge in [-0.1, -0.05) is 11.6 Å². The third kappa shape index (κ3) is 2.81. The maximum atomic E-state index is 13.5. The summed E-state index contributed by atoms with van der Waals surface area (Å²) in [5.74, 6) is -0.609. The van der Waals surface area contributed by atoms with Crippen LogP contribution in [0.4, 0.5) is 10.2 Å². The Hall–Kier alpha value is -1.38. The van der Waals surface area contributed by atoms with Gasteiger partial charge in [0.1, 0.15) is 11.2 Å². The molecule has 4 nitrogen and oxygen atoms in total. The van der Waals surface area contributed by atoms with Gasteiger partial charge in [-0.05, 0) is 19.9 Å². The van der Waals surface area contributed by atoms with Crippen LogP contribution in [-0.4, -0.2) is 17.1 Å². The van der Waals surface area contributed by atoms with E-state index in [0.29, 0.717) is 0 Å². The first-order valence-corrected chi connectivity index (χ1v) is 5.11. The number of aromatic nitrogens is 1. The zero-order chi connectivity index (χ0) is 12.3. The van der Waals surface area contributed by atoms with Crippen molar-refractivity contribution in [3.8, 4) is 6.07 Å². The highest BCUT2D eigenvalue weighted by atomic mass is 35.5. The normalized spacial score (nSPS) is 14.0. The minimum Gasteiger partial charge on any atom is -0.364 e. The van der Waals surface area contributed by atoms with Gasteiger partial charge in [0, 0.05) is 12.1 Å². The third-order valence-corrected chi connectivity index (χ3v) is 2.49. The summed E-state index contributed by atoms with van der Waals surface area (Å²) >= 11 is 5.69. The second-order valence-corrected chi connectivity index (χ2v) is 3.92. The average Bonchev–Trinajstić information content (AvgIpc) is 2.22. The number of halogens is 2. The quantitative estimate of drug-likeness (QED) is 0.794. The van der Waals surface area contributed by atoms with Gasteiger partial charge in [0.25, 0.3) is 0 Å².